The summed E-state index contributed by atoms with van der Waals surface area (Å²) in [6.07, 6.45) is 5.13. The Morgan fingerprint density at radius 3 is 2.75 bits per heavy atom. The summed E-state index contributed by atoms with van der Waals surface area (Å²) in [6.45, 7) is 0.942. The van der Waals surface area contributed by atoms with Crippen LogP contribution in [0.5, 0.6) is 0 Å². The molecule has 0 atom stereocenters. The second kappa shape index (κ2) is 6.25. The monoisotopic (exact) mass is 313 g/mol. The Morgan fingerprint density at radius 2 is 2.10 bits per heavy atom. The highest BCUT2D eigenvalue weighted by Crippen LogP contribution is 2.16. The maximum absolute atomic E-state index is 11.0. The molecule has 7 nitrogen and oxygen atoms in total. The molecule has 9 heteroatoms. The fourth-order valence-electron chi connectivity index (χ4n) is 1.74. The van der Waals surface area contributed by atoms with Gasteiger partial charge in [-0.05, 0) is 30.8 Å². The number of hydrogen-bond acceptors (Lipinski definition) is 5. The molecule has 0 amide bonds. The number of hydrogen-bond donors (Lipinski definition) is 2. The van der Waals surface area contributed by atoms with Crippen LogP contribution in [-0.2, 0) is 16.6 Å². The van der Waals surface area contributed by atoms with Crippen molar-refractivity contribution in [3.63, 3.8) is 0 Å². The lowest BCUT2D eigenvalue weighted by atomic mass is 10.2. The molecule has 108 valence electrons. The van der Waals surface area contributed by atoms with E-state index >= 15 is 0 Å². The molecule has 0 fully saturated rings. The molecule has 0 unspecified atom stereocenters. The van der Waals surface area contributed by atoms with Gasteiger partial charge < -0.3 is 4.57 Å². The number of nitrogens with zero attached hydrogens (tertiary/aromatic N) is 3. The van der Waals surface area contributed by atoms with E-state index in [1.54, 1.807) is 12.4 Å². The summed E-state index contributed by atoms with van der Waals surface area (Å²) in [5.74, 6) is 0.719. The van der Waals surface area contributed by atoms with Gasteiger partial charge in [-0.1, -0.05) is 0 Å². The van der Waals surface area contributed by atoms with Gasteiger partial charge in [-0.15, -0.1) is 0 Å². The van der Waals surface area contributed by atoms with Crippen LogP contribution >= 0.6 is 12.2 Å². The number of H-pyrrole nitrogens is 1. The van der Waals surface area contributed by atoms with E-state index in [9.17, 15) is 8.42 Å². The summed E-state index contributed by atoms with van der Waals surface area (Å²) < 4.78 is 26.8. The van der Waals surface area contributed by atoms with Crippen LogP contribution in [0.4, 0.5) is 0 Å². The molecule has 20 heavy (non-hydrogen) atoms. The molecule has 2 heterocycles. The largest absolute Gasteiger partial charge is 0.300 e. The van der Waals surface area contributed by atoms with E-state index in [0.29, 0.717) is 24.3 Å². The van der Waals surface area contributed by atoms with E-state index in [1.807, 2.05) is 16.7 Å². The molecule has 0 spiro atoms. The van der Waals surface area contributed by atoms with Crippen LogP contribution in [0.2, 0.25) is 0 Å². The molecule has 0 aliphatic heterocycles. The minimum absolute atomic E-state index is 0.363. The normalized spacial score (nSPS) is 11.7. The predicted molar refractivity (Wildman–Crippen MR) is 78.1 cm³/mol. The SMILES string of the molecule is CS(=O)(=O)NCCCn1c(-c2ccncc2)n[nH]c1=S. The summed E-state index contributed by atoms with van der Waals surface area (Å²) in [5.41, 5.74) is 0.906. The lowest BCUT2D eigenvalue weighted by molar-refractivity contribution is 0.575. The Bertz CT molecular complexity index is 721. The van der Waals surface area contributed by atoms with Crippen LogP contribution in [0.15, 0.2) is 24.5 Å². The molecule has 0 bridgehead atoms. The molecular weight excluding hydrogens is 298 g/mol. The third-order valence-electron chi connectivity index (χ3n) is 2.62. The zero-order chi connectivity index (χ0) is 14.6. The second-order valence-corrected chi connectivity index (χ2v) is 6.48. The van der Waals surface area contributed by atoms with Crippen molar-refractivity contribution in [2.45, 2.75) is 13.0 Å². The number of aromatic amines is 1. The minimum atomic E-state index is -3.15. The molecule has 0 aromatic carbocycles. The highest BCUT2D eigenvalue weighted by Gasteiger charge is 2.08. The van der Waals surface area contributed by atoms with Crippen molar-refractivity contribution in [2.75, 3.05) is 12.8 Å². The van der Waals surface area contributed by atoms with Crippen molar-refractivity contribution in [3.05, 3.63) is 29.3 Å². The van der Waals surface area contributed by atoms with E-state index in [1.165, 1.54) is 0 Å². The van der Waals surface area contributed by atoms with Crippen molar-refractivity contribution < 1.29 is 8.42 Å². The van der Waals surface area contributed by atoms with Crippen molar-refractivity contribution in [3.8, 4) is 11.4 Å². The Labute approximate surface area is 122 Å². The minimum Gasteiger partial charge on any atom is -0.300 e. The van der Waals surface area contributed by atoms with Crippen LogP contribution in [0.3, 0.4) is 0 Å². The van der Waals surface area contributed by atoms with Gasteiger partial charge in [0.15, 0.2) is 10.6 Å². The van der Waals surface area contributed by atoms with Crippen molar-refractivity contribution >= 4 is 22.2 Å². The summed E-state index contributed by atoms with van der Waals surface area (Å²) >= 11 is 5.19. The number of nitrogens with one attached hydrogen (secondary N) is 2. The second-order valence-electron chi connectivity index (χ2n) is 4.26. The Morgan fingerprint density at radius 1 is 1.40 bits per heavy atom. The van der Waals surface area contributed by atoms with Gasteiger partial charge in [0.25, 0.3) is 0 Å². The molecule has 0 aliphatic rings. The van der Waals surface area contributed by atoms with Crippen molar-refractivity contribution in [2.24, 2.45) is 0 Å². The first-order valence-electron chi connectivity index (χ1n) is 5.97. The molecule has 0 aliphatic carbocycles. The average molecular weight is 313 g/mol. The van der Waals surface area contributed by atoms with Crippen LogP contribution in [-0.4, -0.2) is 41.0 Å². The molecule has 0 radical (unpaired) electrons. The molecule has 2 aromatic heterocycles. The van der Waals surface area contributed by atoms with Crippen LogP contribution < -0.4 is 4.72 Å². The van der Waals surface area contributed by atoms with Gasteiger partial charge in [0, 0.05) is 31.0 Å². The average Bonchev–Trinajstić information content (AvgIpc) is 2.76. The number of aromatic nitrogens is 4. The summed E-state index contributed by atoms with van der Waals surface area (Å²) in [6, 6.07) is 3.69. The van der Waals surface area contributed by atoms with Gasteiger partial charge in [-0.2, -0.15) is 5.10 Å². The van der Waals surface area contributed by atoms with Gasteiger partial charge in [0.1, 0.15) is 0 Å². The van der Waals surface area contributed by atoms with Gasteiger partial charge in [-0.25, -0.2) is 13.1 Å². The maximum atomic E-state index is 11.0. The third kappa shape index (κ3) is 3.95. The first-order valence-corrected chi connectivity index (χ1v) is 8.27. The van der Waals surface area contributed by atoms with Gasteiger partial charge >= 0.3 is 0 Å². The van der Waals surface area contributed by atoms with E-state index in [4.69, 9.17) is 12.2 Å². The van der Waals surface area contributed by atoms with Crippen molar-refractivity contribution in [1.29, 1.82) is 0 Å². The van der Waals surface area contributed by atoms with E-state index in [-0.39, 0.29) is 0 Å². The number of rotatable bonds is 6. The molecule has 0 saturated carbocycles. The number of sulfonamides is 1. The van der Waals surface area contributed by atoms with E-state index in [2.05, 4.69) is 19.9 Å². The van der Waals surface area contributed by atoms with Gasteiger partial charge in [0.2, 0.25) is 10.0 Å². The van der Waals surface area contributed by atoms with Crippen molar-refractivity contribution in [1.82, 2.24) is 24.5 Å². The first-order chi connectivity index (χ1) is 9.47. The van der Waals surface area contributed by atoms with Gasteiger partial charge in [0.05, 0.1) is 6.26 Å². The molecular formula is C11H15N5O2S2. The summed E-state index contributed by atoms with van der Waals surface area (Å²) in [7, 11) is -3.15. The Hall–Kier alpha value is -1.58. The number of pyridine rings is 1. The zero-order valence-electron chi connectivity index (χ0n) is 10.9. The smallest absolute Gasteiger partial charge is 0.208 e. The van der Waals surface area contributed by atoms with E-state index < -0.39 is 10.0 Å². The molecule has 2 aromatic rings. The molecule has 2 rings (SSSR count). The molecule has 0 saturated heterocycles. The summed E-state index contributed by atoms with van der Waals surface area (Å²) in [4.78, 5) is 3.96. The standard InChI is InChI=1S/C11H15N5O2S2/c1-20(17,18)13-5-2-8-16-10(14-15-11(16)19)9-3-6-12-7-4-9/h3-4,6-7,13H,2,5,8H2,1H3,(H,15,19). The van der Waals surface area contributed by atoms with Crippen LogP contribution in [0.25, 0.3) is 11.4 Å². The predicted octanol–water partition coefficient (Wildman–Crippen LogP) is 0.942. The van der Waals surface area contributed by atoms with E-state index in [0.717, 1.165) is 17.6 Å². The first kappa shape index (κ1) is 14.8. The topological polar surface area (TPSA) is 92.7 Å². The Balaban J connectivity index is 2.09. The summed E-state index contributed by atoms with van der Waals surface area (Å²) in [5, 5.41) is 6.94. The highest BCUT2D eigenvalue weighted by atomic mass is 32.2. The molecule has 2 N–H and O–H groups in total. The third-order valence-corrected chi connectivity index (χ3v) is 3.66. The quantitative estimate of drug-likeness (QED) is 0.611. The lowest BCUT2D eigenvalue weighted by Crippen LogP contribution is -2.24. The Kier molecular flexibility index (Phi) is 4.63. The van der Waals surface area contributed by atoms with Gasteiger partial charge in [-0.3, -0.25) is 10.1 Å². The fraction of sp³-hybridized carbons (Fsp3) is 0.364. The fourth-order valence-corrected chi connectivity index (χ4v) is 2.48. The van der Waals surface area contributed by atoms with Crippen LogP contribution in [0, 0.1) is 4.77 Å². The highest BCUT2D eigenvalue weighted by molar-refractivity contribution is 7.88. The van der Waals surface area contributed by atoms with Crippen LogP contribution in [0.1, 0.15) is 6.42 Å². The zero-order valence-corrected chi connectivity index (χ0v) is 12.5. The maximum Gasteiger partial charge on any atom is 0.208 e. The lowest BCUT2D eigenvalue weighted by Gasteiger charge is -2.07.